The Morgan fingerprint density at radius 2 is 2.10 bits per heavy atom. The zero-order valence-electron chi connectivity index (χ0n) is 10.6. The summed E-state index contributed by atoms with van der Waals surface area (Å²) in [6, 6.07) is 9.71. The molecule has 0 spiro atoms. The number of hydrogen-bond donors (Lipinski definition) is 1. The number of carbonyl (C=O) groups is 1. The van der Waals surface area contributed by atoms with Gasteiger partial charge in [0, 0.05) is 35.7 Å². The van der Waals surface area contributed by atoms with E-state index >= 15 is 0 Å². The fraction of sp³-hybridized carbons (Fsp3) is 0.286. The Kier molecular flexibility index (Phi) is 3.58. The van der Waals surface area contributed by atoms with Crippen molar-refractivity contribution in [1.29, 1.82) is 0 Å². The van der Waals surface area contributed by atoms with Crippen LogP contribution in [-0.4, -0.2) is 34.2 Å². The topological polar surface area (TPSA) is 66.6 Å². The zero-order chi connectivity index (χ0) is 14.1. The number of aromatic nitrogens is 1. The van der Waals surface area contributed by atoms with Crippen molar-refractivity contribution in [1.82, 2.24) is 10.1 Å². The predicted octanol–water partition coefficient (Wildman–Crippen LogP) is 2.62. The molecule has 2 aromatic rings. The number of halogens is 1. The maximum Gasteiger partial charge on any atom is 0.309 e. The molecule has 0 radical (unpaired) electrons. The fourth-order valence-corrected chi connectivity index (χ4v) is 2.49. The summed E-state index contributed by atoms with van der Waals surface area (Å²) in [5, 5.41) is 12.9. The summed E-state index contributed by atoms with van der Waals surface area (Å²) in [5.74, 6) is -0.243. The molecule has 1 fully saturated rings. The molecule has 2 heterocycles. The van der Waals surface area contributed by atoms with Crippen molar-refractivity contribution in [3.63, 3.8) is 0 Å². The highest BCUT2D eigenvalue weighted by Crippen LogP contribution is 2.24. The van der Waals surface area contributed by atoms with E-state index in [1.165, 1.54) is 0 Å². The van der Waals surface area contributed by atoms with E-state index in [4.69, 9.17) is 9.63 Å². The maximum absolute atomic E-state index is 10.7. The van der Waals surface area contributed by atoms with Crippen molar-refractivity contribution in [2.75, 3.05) is 13.1 Å². The van der Waals surface area contributed by atoms with Crippen LogP contribution in [-0.2, 0) is 11.3 Å². The lowest BCUT2D eigenvalue weighted by Crippen LogP contribution is -2.49. The van der Waals surface area contributed by atoms with Crippen LogP contribution in [0.3, 0.4) is 0 Å². The van der Waals surface area contributed by atoms with Crippen molar-refractivity contribution in [3.05, 3.63) is 40.5 Å². The van der Waals surface area contributed by atoms with Crippen LogP contribution in [0.2, 0.25) is 0 Å². The van der Waals surface area contributed by atoms with E-state index < -0.39 is 5.97 Å². The normalized spacial score (nSPS) is 16.1. The van der Waals surface area contributed by atoms with E-state index in [2.05, 4.69) is 21.1 Å². The molecule has 1 aromatic carbocycles. The first kappa shape index (κ1) is 13.3. The second-order valence-electron chi connectivity index (χ2n) is 4.92. The van der Waals surface area contributed by atoms with Gasteiger partial charge in [-0.25, -0.2) is 0 Å². The Morgan fingerprint density at radius 1 is 1.40 bits per heavy atom. The summed E-state index contributed by atoms with van der Waals surface area (Å²) in [4.78, 5) is 12.8. The molecule has 0 aliphatic carbocycles. The van der Waals surface area contributed by atoms with E-state index in [-0.39, 0.29) is 5.92 Å². The van der Waals surface area contributed by atoms with E-state index in [0.717, 1.165) is 21.5 Å². The van der Waals surface area contributed by atoms with Crippen LogP contribution in [0.5, 0.6) is 0 Å². The van der Waals surface area contributed by atoms with E-state index in [1.54, 1.807) is 0 Å². The molecule has 0 amide bonds. The fourth-order valence-electron chi connectivity index (χ4n) is 2.22. The van der Waals surface area contributed by atoms with Crippen LogP contribution >= 0.6 is 15.9 Å². The number of likely N-dealkylation sites (tertiary alicyclic amines) is 1. The molecule has 1 aliphatic heterocycles. The first-order valence-corrected chi connectivity index (χ1v) is 7.08. The van der Waals surface area contributed by atoms with Gasteiger partial charge in [0.15, 0.2) is 5.76 Å². The minimum atomic E-state index is -0.725. The Bertz CT molecular complexity index is 618. The highest BCUT2D eigenvalue weighted by molar-refractivity contribution is 9.10. The highest BCUT2D eigenvalue weighted by Gasteiger charge is 2.32. The van der Waals surface area contributed by atoms with Crippen LogP contribution in [0.1, 0.15) is 5.69 Å². The molecule has 3 rings (SSSR count). The van der Waals surface area contributed by atoms with Gasteiger partial charge in [-0.3, -0.25) is 9.69 Å². The highest BCUT2D eigenvalue weighted by atomic mass is 79.9. The molecule has 104 valence electrons. The Balaban J connectivity index is 1.63. The smallest absolute Gasteiger partial charge is 0.309 e. The monoisotopic (exact) mass is 336 g/mol. The number of hydrogen-bond acceptors (Lipinski definition) is 4. The maximum atomic E-state index is 10.7. The molecule has 1 aliphatic rings. The molecule has 0 unspecified atom stereocenters. The van der Waals surface area contributed by atoms with Gasteiger partial charge in [0.05, 0.1) is 11.6 Å². The minimum Gasteiger partial charge on any atom is -0.481 e. The van der Waals surface area contributed by atoms with Crippen LogP contribution in [0.25, 0.3) is 11.3 Å². The average molecular weight is 337 g/mol. The third-order valence-corrected chi connectivity index (χ3v) is 3.91. The molecule has 1 saturated heterocycles. The van der Waals surface area contributed by atoms with Gasteiger partial charge in [-0.15, -0.1) is 0 Å². The Labute approximate surface area is 124 Å². The summed E-state index contributed by atoms with van der Waals surface area (Å²) >= 11 is 3.39. The van der Waals surface area contributed by atoms with Crippen molar-refractivity contribution in [2.24, 2.45) is 5.92 Å². The third kappa shape index (κ3) is 2.76. The van der Waals surface area contributed by atoms with Gasteiger partial charge in [0.2, 0.25) is 0 Å². The first-order valence-electron chi connectivity index (χ1n) is 6.28. The molecule has 0 bridgehead atoms. The molecule has 0 atom stereocenters. The average Bonchev–Trinajstić information content (AvgIpc) is 2.82. The predicted molar refractivity (Wildman–Crippen MR) is 76.0 cm³/mol. The van der Waals surface area contributed by atoms with E-state index in [0.29, 0.717) is 19.6 Å². The number of benzene rings is 1. The van der Waals surface area contributed by atoms with E-state index in [9.17, 15) is 4.79 Å². The van der Waals surface area contributed by atoms with Crippen molar-refractivity contribution < 1.29 is 14.4 Å². The van der Waals surface area contributed by atoms with Gasteiger partial charge in [0.1, 0.15) is 0 Å². The summed E-state index contributed by atoms with van der Waals surface area (Å²) < 4.78 is 6.34. The SMILES string of the molecule is O=C(O)C1CN(Cc2cc(-c3ccc(Br)cc3)on2)C1. The lowest BCUT2D eigenvalue weighted by atomic mass is 10.0. The van der Waals surface area contributed by atoms with Gasteiger partial charge in [-0.1, -0.05) is 33.2 Å². The minimum absolute atomic E-state index is 0.243. The third-order valence-electron chi connectivity index (χ3n) is 3.38. The van der Waals surface area contributed by atoms with Crippen LogP contribution in [0.4, 0.5) is 0 Å². The van der Waals surface area contributed by atoms with Crippen molar-refractivity contribution in [3.8, 4) is 11.3 Å². The Morgan fingerprint density at radius 3 is 2.75 bits per heavy atom. The van der Waals surface area contributed by atoms with Gasteiger partial charge in [0.25, 0.3) is 0 Å². The largest absolute Gasteiger partial charge is 0.481 e. The van der Waals surface area contributed by atoms with E-state index in [1.807, 2.05) is 35.2 Å². The number of nitrogens with zero attached hydrogens (tertiary/aromatic N) is 2. The molecule has 20 heavy (non-hydrogen) atoms. The van der Waals surface area contributed by atoms with Gasteiger partial charge in [-0.05, 0) is 12.1 Å². The molecular weight excluding hydrogens is 324 g/mol. The molecule has 0 saturated carbocycles. The molecule has 1 aromatic heterocycles. The summed E-state index contributed by atoms with van der Waals surface area (Å²) in [5.41, 5.74) is 1.80. The lowest BCUT2D eigenvalue weighted by molar-refractivity contribution is -0.147. The van der Waals surface area contributed by atoms with Gasteiger partial charge < -0.3 is 9.63 Å². The van der Waals surface area contributed by atoms with Crippen LogP contribution < -0.4 is 0 Å². The molecule has 5 nitrogen and oxygen atoms in total. The second kappa shape index (κ2) is 5.38. The van der Waals surface area contributed by atoms with Crippen LogP contribution in [0, 0.1) is 5.92 Å². The summed E-state index contributed by atoms with van der Waals surface area (Å²) in [7, 11) is 0. The number of rotatable bonds is 4. The van der Waals surface area contributed by atoms with Crippen LogP contribution in [0.15, 0.2) is 39.3 Å². The number of carboxylic acids is 1. The molecule has 6 heteroatoms. The molecular formula is C14H13BrN2O3. The van der Waals surface area contributed by atoms with Crippen molar-refractivity contribution >= 4 is 21.9 Å². The summed E-state index contributed by atoms with van der Waals surface area (Å²) in [6.07, 6.45) is 0. The second-order valence-corrected chi connectivity index (χ2v) is 5.83. The lowest BCUT2D eigenvalue weighted by Gasteiger charge is -2.35. The standard InChI is InChI=1S/C14H13BrN2O3/c15-11-3-1-9(2-4-11)13-5-12(16-20-13)8-17-6-10(7-17)14(18)19/h1-5,10H,6-8H2,(H,18,19). The summed E-state index contributed by atoms with van der Waals surface area (Å²) in [6.45, 7) is 1.79. The van der Waals surface area contributed by atoms with Gasteiger partial charge >= 0.3 is 5.97 Å². The Hall–Kier alpha value is -1.66. The molecule has 1 N–H and O–H groups in total. The number of carboxylic acid groups (broad SMARTS) is 1. The number of aliphatic carboxylic acids is 1. The quantitative estimate of drug-likeness (QED) is 0.929. The zero-order valence-corrected chi connectivity index (χ0v) is 12.2. The first-order chi connectivity index (χ1) is 9.61. The van der Waals surface area contributed by atoms with Gasteiger partial charge in [-0.2, -0.15) is 0 Å². The van der Waals surface area contributed by atoms with Crippen molar-refractivity contribution in [2.45, 2.75) is 6.54 Å².